The molecule has 0 rings (SSSR count). The average molecular weight is 327 g/mol. The first-order valence-electron chi connectivity index (χ1n) is 8.72. The molecule has 0 fully saturated rings. The third-order valence-electron chi connectivity index (χ3n) is 3.43. The Morgan fingerprint density at radius 2 is 1.83 bits per heavy atom. The predicted molar refractivity (Wildman–Crippen MR) is 92.3 cm³/mol. The van der Waals surface area contributed by atoms with E-state index in [0.29, 0.717) is 18.9 Å². The molecule has 0 radical (unpaired) electrons. The van der Waals surface area contributed by atoms with Gasteiger partial charge in [-0.2, -0.15) is 0 Å². The highest BCUT2D eigenvalue weighted by molar-refractivity contribution is 5.81. The number of carbonyl (C=O) groups excluding carboxylic acids is 2. The van der Waals surface area contributed by atoms with E-state index in [4.69, 9.17) is 9.47 Å². The SMILES string of the molecule is C=CCOC(=O)NC(CCCCCC)C(=O)OCCCC(C)C. The minimum Gasteiger partial charge on any atom is -0.464 e. The number of hydrogen-bond donors (Lipinski definition) is 1. The van der Waals surface area contributed by atoms with E-state index < -0.39 is 12.1 Å². The summed E-state index contributed by atoms with van der Waals surface area (Å²) in [5.74, 6) is 0.214. The van der Waals surface area contributed by atoms with Crippen LogP contribution < -0.4 is 5.32 Å². The van der Waals surface area contributed by atoms with Crippen LogP contribution in [0.15, 0.2) is 12.7 Å². The van der Waals surface area contributed by atoms with Gasteiger partial charge in [0.2, 0.25) is 0 Å². The summed E-state index contributed by atoms with van der Waals surface area (Å²) < 4.78 is 10.2. The maximum Gasteiger partial charge on any atom is 0.408 e. The monoisotopic (exact) mass is 327 g/mol. The van der Waals surface area contributed by atoms with E-state index in [-0.39, 0.29) is 12.6 Å². The van der Waals surface area contributed by atoms with Gasteiger partial charge in [0, 0.05) is 0 Å². The highest BCUT2D eigenvalue weighted by atomic mass is 16.6. The van der Waals surface area contributed by atoms with Gasteiger partial charge >= 0.3 is 12.1 Å². The van der Waals surface area contributed by atoms with E-state index in [0.717, 1.165) is 38.5 Å². The molecule has 0 spiro atoms. The van der Waals surface area contributed by atoms with Crippen LogP contribution in [0.1, 0.15) is 65.7 Å². The predicted octanol–water partition coefficient (Wildman–Crippen LogP) is 4.22. The smallest absolute Gasteiger partial charge is 0.408 e. The van der Waals surface area contributed by atoms with E-state index in [2.05, 4.69) is 32.7 Å². The first-order valence-corrected chi connectivity index (χ1v) is 8.72. The molecule has 0 aliphatic carbocycles. The highest BCUT2D eigenvalue weighted by Gasteiger charge is 2.22. The van der Waals surface area contributed by atoms with Crippen LogP contribution in [0.25, 0.3) is 0 Å². The Balaban J connectivity index is 4.29. The molecule has 0 bridgehead atoms. The van der Waals surface area contributed by atoms with Crippen molar-refractivity contribution in [3.63, 3.8) is 0 Å². The van der Waals surface area contributed by atoms with Crippen molar-refractivity contribution in [1.82, 2.24) is 5.32 Å². The Morgan fingerprint density at radius 1 is 1.09 bits per heavy atom. The lowest BCUT2D eigenvalue weighted by Gasteiger charge is -2.17. The number of alkyl carbamates (subject to hydrolysis) is 1. The molecule has 0 saturated heterocycles. The second kappa shape index (κ2) is 14.1. The number of amides is 1. The molecule has 0 aliphatic rings. The second-order valence-corrected chi connectivity index (χ2v) is 6.14. The van der Waals surface area contributed by atoms with Gasteiger partial charge < -0.3 is 14.8 Å². The number of hydrogen-bond acceptors (Lipinski definition) is 4. The molecule has 0 aliphatic heterocycles. The summed E-state index contributed by atoms with van der Waals surface area (Å²) in [4.78, 5) is 23.8. The van der Waals surface area contributed by atoms with E-state index in [1.807, 2.05) is 0 Å². The lowest BCUT2D eigenvalue weighted by molar-refractivity contribution is -0.146. The zero-order valence-corrected chi connectivity index (χ0v) is 14.9. The van der Waals surface area contributed by atoms with Gasteiger partial charge in [0.1, 0.15) is 12.6 Å². The molecule has 23 heavy (non-hydrogen) atoms. The largest absolute Gasteiger partial charge is 0.464 e. The van der Waals surface area contributed by atoms with Crippen LogP contribution in [0.3, 0.4) is 0 Å². The van der Waals surface area contributed by atoms with Crippen LogP contribution in [0, 0.1) is 5.92 Å². The van der Waals surface area contributed by atoms with Crippen molar-refractivity contribution >= 4 is 12.1 Å². The molecule has 0 heterocycles. The summed E-state index contributed by atoms with van der Waals surface area (Å²) >= 11 is 0. The summed E-state index contributed by atoms with van der Waals surface area (Å²) in [6, 6.07) is -0.636. The highest BCUT2D eigenvalue weighted by Crippen LogP contribution is 2.09. The lowest BCUT2D eigenvalue weighted by atomic mass is 10.1. The average Bonchev–Trinajstić information content (AvgIpc) is 2.52. The van der Waals surface area contributed by atoms with Gasteiger partial charge in [0.25, 0.3) is 0 Å². The molecule has 0 aromatic heterocycles. The number of carbonyl (C=O) groups is 2. The molecule has 1 N–H and O–H groups in total. The van der Waals surface area contributed by atoms with Gasteiger partial charge in [-0.1, -0.05) is 59.1 Å². The van der Waals surface area contributed by atoms with E-state index in [1.165, 1.54) is 6.08 Å². The number of nitrogens with one attached hydrogen (secondary N) is 1. The Hall–Kier alpha value is -1.52. The molecule has 0 aromatic carbocycles. The molecule has 1 amide bonds. The fourth-order valence-corrected chi connectivity index (χ4v) is 2.11. The Morgan fingerprint density at radius 3 is 2.43 bits per heavy atom. The summed E-state index contributed by atoms with van der Waals surface area (Å²) in [5, 5.41) is 2.59. The minimum atomic E-state index is -0.636. The van der Waals surface area contributed by atoms with E-state index in [1.54, 1.807) is 0 Å². The van der Waals surface area contributed by atoms with Crippen molar-refractivity contribution < 1.29 is 19.1 Å². The summed E-state index contributed by atoms with van der Waals surface area (Å²) in [6.45, 7) is 10.4. The third-order valence-corrected chi connectivity index (χ3v) is 3.43. The minimum absolute atomic E-state index is 0.123. The van der Waals surface area contributed by atoms with Crippen LogP contribution in [0.4, 0.5) is 4.79 Å². The molecule has 5 heteroatoms. The van der Waals surface area contributed by atoms with Crippen LogP contribution in [0.5, 0.6) is 0 Å². The zero-order chi connectivity index (χ0) is 17.5. The molecule has 1 unspecified atom stereocenters. The maximum atomic E-state index is 12.1. The lowest BCUT2D eigenvalue weighted by Crippen LogP contribution is -2.42. The van der Waals surface area contributed by atoms with E-state index >= 15 is 0 Å². The number of esters is 1. The van der Waals surface area contributed by atoms with E-state index in [9.17, 15) is 9.59 Å². The van der Waals surface area contributed by atoms with Crippen molar-refractivity contribution in [2.45, 2.75) is 71.8 Å². The topological polar surface area (TPSA) is 64.6 Å². The Labute approximate surface area is 140 Å². The zero-order valence-electron chi connectivity index (χ0n) is 14.9. The van der Waals surface area contributed by atoms with Gasteiger partial charge in [-0.05, 0) is 25.2 Å². The first-order chi connectivity index (χ1) is 11.0. The van der Waals surface area contributed by atoms with Gasteiger partial charge in [-0.25, -0.2) is 9.59 Å². The number of ether oxygens (including phenoxy) is 2. The number of rotatable bonds is 13. The Kier molecular flexibility index (Phi) is 13.2. The van der Waals surface area contributed by atoms with Gasteiger partial charge in [-0.3, -0.25) is 0 Å². The first kappa shape index (κ1) is 21.5. The second-order valence-electron chi connectivity index (χ2n) is 6.14. The van der Waals surface area contributed by atoms with Crippen molar-refractivity contribution in [1.29, 1.82) is 0 Å². The summed E-state index contributed by atoms with van der Waals surface area (Å²) in [7, 11) is 0. The molecular weight excluding hydrogens is 294 g/mol. The van der Waals surface area contributed by atoms with Crippen molar-refractivity contribution in [3.05, 3.63) is 12.7 Å². The molecule has 0 aromatic rings. The molecule has 134 valence electrons. The van der Waals surface area contributed by atoms with Crippen molar-refractivity contribution in [3.8, 4) is 0 Å². The fraction of sp³-hybridized carbons (Fsp3) is 0.778. The third kappa shape index (κ3) is 12.7. The molecule has 0 saturated carbocycles. The molecule has 1 atom stereocenters. The maximum absolute atomic E-state index is 12.1. The normalized spacial score (nSPS) is 11.8. The molecule has 5 nitrogen and oxygen atoms in total. The molecular formula is C18H33NO4. The summed E-state index contributed by atoms with van der Waals surface area (Å²) in [5.41, 5.74) is 0. The quantitative estimate of drug-likeness (QED) is 0.312. The van der Waals surface area contributed by atoms with Crippen LogP contribution in [0.2, 0.25) is 0 Å². The van der Waals surface area contributed by atoms with Crippen molar-refractivity contribution in [2.24, 2.45) is 5.92 Å². The van der Waals surface area contributed by atoms with Gasteiger partial charge in [-0.15, -0.1) is 0 Å². The van der Waals surface area contributed by atoms with Crippen molar-refractivity contribution in [2.75, 3.05) is 13.2 Å². The number of unbranched alkanes of at least 4 members (excludes halogenated alkanes) is 3. The van der Waals surface area contributed by atoms with Crippen LogP contribution >= 0.6 is 0 Å². The van der Waals surface area contributed by atoms with Crippen LogP contribution in [-0.4, -0.2) is 31.3 Å². The summed E-state index contributed by atoms with van der Waals surface area (Å²) in [6.07, 6.45) is 7.47. The van der Waals surface area contributed by atoms with Gasteiger partial charge in [0.15, 0.2) is 0 Å². The fourth-order valence-electron chi connectivity index (χ4n) is 2.11. The Bertz CT molecular complexity index is 342. The standard InChI is InChI=1S/C18H33NO4/c1-5-7-8-9-12-16(19-18(21)23-13-6-2)17(20)22-14-10-11-15(3)4/h6,15-16H,2,5,7-14H2,1,3-4H3,(H,19,21). The van der Waals surface area contributed by atoms with Crippen LogP contribution in [-0.2, 0) is 14.3 Å². The van der Waals surface area contributed by atoms with Gasteiger partial charge in [0.05, 0.1) is 6.61 Å².